The van der Waals surface area contributed by atoms with Crippen LogP contribution in [0.2, 0.25) is 0 Å². The lowest BCUT2D eigenvalue weighted by Crippen LogP contribution is -2.05. The van der Waals surface area contributed by atoms with Gasteiger partial charge in [-0.1, -0.05) is 49.0 Å². The van der Waals surface area contributed by atoms with Crippen LogP contribution in [-0.4, -0.2) is 11.4 Å². The second kappa shape index (κ2) is 8.02. The summed E-state index contributed by atoms with van der Waals surface area (Å²) in [5.74, 6) is 0.305. The van der Waals surface area contributed by atoms with E-state index >= 15 is 0 Å². The number of phenols is 1. The fraction of sp³-hybridized carbons (Fsp3) is 0.200. The first-order valence-electron chi connectivity index (χ1n) is 7.39. The van der Waals surface area contributed by atoms with Crippen molar-refractivity contribution in [2.75, 3.05) is 0 Å². The molecule has 0 saturated heterocycles. The van der Waals surface area contributed by atoms with Gasteiger partial charge in [0.25, 0.3) is 0 Å². The molecule has 0 radical (unpaired) electrons. The second-order valence-electron chi connectivity index (χ2n) is 5.30. The van der Waals surface area contributed by atoms with Gasteiger partial charge < -0.3 is 9.90 Å². The summed E-state index contributed by atoms with van der Waals surface area (Å²) in [6.45, 7) is 3.53. The lowest BCUT2D eigenvalue weighted by molar-refractivity contribution is -0.110. The van der Waals surface area contributed by atoms with E-state index in [1.165, 1.54) is 5.56 Å². The maximum Gasteiger partial charge on any atom is 0.127 e. The van der Waals surface area contributed by atoms with Crippen molar-refractivity contribution in [2.24, 2.45) is 5.92 Å². The predicted molar refractivity (Wildman–Crippen MR) is 88.9 cm³/mol. The summed E-state index contributed by atoms with van der Waals surface area (Å²) in [7, 11) is 0. The molecule has 1 N–H and O–H groups in total. The van der Waals surface area contributed by atoms with Crippen LogP contribution >= 0.6 is 0 Å². The van der Waals surface area contributed by atoms with Gasteiger partial charge in [-0.25, -0.2) is 0 Å². The van der Waals surface area contributed by atoms with E-state index in [0.29, 0.717) is 0 Å². The normalized spacial score (nSPS) is 12.9. The van der Waals surface area contributed by atoms with Crippen LogP contribution in [0.15, 0.2) is 73.0 Å². The topological polar surface area (TPSA) is 37.3 Å². The Morgan fingerprint density at radius 1 is 1.00 bits per heavy atom. The summed E-state index contributed by atoms with van der Waals surface area (Å²) in [5, 5.41) is 9.47. The smallest absolute Gasteiger partial charge is 0.127 e. The average Bonchev–Trinajstić information content (AvgIpc) is 2.56. The number of aldehydes is 1. The maximum atomic E-state index is 11.1. The van der Waals surface area contributed by atoms with Crippen molar-refractivity contribution in [3.63, 3.8) is 0 Å². The molecule has 2 nitrogen and oxygen atoms in total. The van der Waals surface area contributed by atoms with Crippen LogP contribution in [0.4, 0.5) is 0 Å². The molecule has 2 rings (SSSR count). The molecule has 0 fully saturated rings. The van der Waals surface area contributed by atoms with Gasteiger partial charge in [0.15, 0.2) is 0 Å². The Labute approximate surface area is 131 Å². The maximum absolute atomic E-state index is 11.1. The molecule has 2 unspecified atom stereocenters. The third kappa shape index (κ3) is 4.21. The third-order valence-electron chi connectivity index (χ3n) is 3.79. The molecule has 112 valence electrons. The Balaban J connectivity index is 2.24. The molecule has 0 aliphatic heterocycles. The number of hydrogen-bond donors (Lipinski definition) is 1. The Morgan fingerprint density at radius 3 is 2.23 bits per heavy atom. The fourth-order valence-electron chi connectivity index (χ4n) is 2.62. The molecule has 0 bridgehead atoms. The van der Waals surface area contributed by atoms with Crippen molar-refractivity contribution in [3.05, 3.63) is 84.1 Å². The highest BCUT2D eigenvalue weighted by Gasteiger charge is 2.16. The van der Waals surface area contributed by atoms with Gasteiger partial charge >= 0.3 is 0 Å². The summed E-state index contributed by atoms with van der Waals surface area (Å²) in [6.07, 6.45) is 4.24. The van der Waals surface area contributed by atoms with Crippen molar-refractivity contribution in [1.29, 1.82) is 0 Å². The van der Waals surface area contributed by atoms with E-state index in [1.54, 1.807) is 18.2 Å². The van der Waals surface area contributed by atoms with Gasteiger partial charge in [0, 0.05) is 11.8 Å². The van der Waals surface area contributed by atoms with Crippen molar-refractivity contribution in [3.8, 4) is 5.75 Å². The fourth-order valence-corrected chi connectivity index (χ4v) is 2.62. The van der Waals surface area contributed by atoms with Crippen molar-refractivity contribution in [1.82, 2.24) is 0 Å². The number of hydrogen-bond acceptors (Lipinski definition) is 2. The van der Waals surface area contributed by atoms with Crippen LogP contribution in [0.3, 0.4) is 0 Å². The van der Waals surface area contributed by atoms with Crippen LogP contribution in [-0.2, 0) is 4.79 Å². The molecule has 2 atom stereocenters. The molecule has 0 aliphatic carbocycles. The van der Waals surface area contributed by atoms with E-state index in [9.17, 15) is 9.90 Å². The first kappa shape index (κ1) is 15.8. The van der Waals surface area contributed by atoms with Crippen LogP contribution < -0.4 is 0 Å². The first-order valence-corrected chi connectivity index (χ1v) is 7.39. The highest BCUT2D eigenvalue weighted by molar-refractivity contribution is 5.56. The Hall–Kier alpha value is -2.57. The zero-order chi connectivity index (χ0) is 15.8. The van der Waals surface area contributed by atoms with Crippen LogP contribution in [0.5, 0.6) is 5.75 Å². The average molecular weight is 292 g/mol. The lowest BCUT2D eigenvalue weighted by atomic mass is 9.85. The Bertz CT molecular complexity index is 637. The first-order chi connectivity index (χ1) is 10.7. The molecule has 0 aromatic heterocycles. The van der Waals surface area contributed by atoms with Gasteiger partial charge in [0.2, 0.25) is 0 Å². The van der Waals surface area contributed by atoms with Gasteiger partial charge in [0.1, 0.15) is 12.0 Å². The number of allylic oxidation sites excluding steroid dienone is 1. The van der Waals surface area contributed by atoms with Gasteiger partial charge in [-0.3, -0.25) is 0 Å². The van der Waals surface area contributed by atoms with Crippen molar-refractivity contribution in [2.45, 2.75) is 18.8 Å². The zero-order valence-corrected chi connectivity index (χ0v) is 12.5. The second-order valence-corrected chi connectivity index (χ2v) is 5.30. The van der Waals surface area contributed by atoms with Crippen LogP contribution in [0.1, 0.15) is 29.9 Å². The van der Waals surface area contributed by atoms with E-state index in [-0.39, 0.29) is 17.6 Å². The molecule has 2 heteroatoms. The lowest BCUT2D eigenvalue weighted by Gasteiger charge is -2.19. The molecule has 22 heavy (non-hydrogen) atoms. The van der Waals surface area contributed by atoms with Gasteiger partial charge in [0.05, 0.1) is 0 Å². The molecule has 0 saturated carbocycles. The molecular formula is C20H20O2. The van der Waals surface area contributed by atoms with Gasteiger partial charge in [-0.05, 0) is 42.2 Å². The molecule has 0 amide bonds. The molecule has 2 aromatic carbocycles. The van der Waals surface area contributed by atoms with Crippen LogP contribution in [0.25, 0.3) is 0 Å². The number of phenolic OH excluding ortho intramolecular Hbond substituents is 1. The molecule has 0 heterocycles. The molecule has 2 aromatic rings. The van der Waals surface area contributed by atoms with Gasteiger partial charge in [-0.2, -0.15) is 0 Å². The molecule has 0 spiro atoms. The Kier molecular flexibility index (Phi) is 5.76. The summed E-state index contributed by atoms with van der Waals surface area (Å²) < 4.78 is 0. The van der Waals surface area contributed by atoms with Crippen molar-refractivity contribution >= 4 is 6.29 Å². The van der Waals surface area contributed by atoms with E-state index < -0.39 is 0 Å². The summed E-state index contributed by atoms with van der Waals surface area (Å²) in [6, 6.07) is 17.5. The number of aromatic hydroxyl groups is 1. The van der Waals surface area contributed by atoms with Crippen LogP contribution in [0, 0.1) is 5.92 Å². The van der Waals surface area contributed by atoms with E-state index in [1.807, 2.05) is 30.3 Å². The monoisotopic (exact) mass is 292 g/mol. The SMILES string of the molecule is C=C=CC(C=O)CCC(c1ccccc1)c1ccc(O)cc1. The highest BCUT2D eigenvalue weighted by Crippen LogP contribution is 2.31. The quantitative estimate of drug-likeness (QED) is 0.604. The number of carbonyl (C=O) groups is 1. The zero-order valence-electron chi connectivity index (χ0n) is 12.5. The minimum Gasteiger partial charge on any atom is -0.508 e. The minimum absolute atomic E-state index is 0.152. The van der Waals surface area contributed by atoms with Crippen molar-refractivity contribution < 1.29 is 9.90 Å². The standard InChI is InChI=1S/C20H20O2/c1-2-6-16(15-21)9-14-20(17-7-4-3-5-8-17)18-10-12-19(22)13-11-18/h3-8,10-13,15-16,20,22H,1,9,14H2. The number of carbonyl (C=O) groups excluding carboxylic acids is 1. The molecular weight excluding hydrogens is 272 g/mol. The highest BCUT2D eigenvalue weighted by atomic mass is 16.3. The number of rotatable bonds is 7. The van der Waals surface area contributed by atoms with Gasteiger partial charge in [-0.15, -0.1) is 5.73 Å². The largest absolute Gasteiger partial charge is 0.508 e. The van der Waals surface area contributed by atoms with E-state index in [0.717, 1.165) is 24.7 Å². The summed E-state index contributed by atoms with van der Waals surface area (Å²) in [4.78, 5) is 11.1. The summed E-state index contributed by atoms with van der Waals surface area (Å²) >= 11 is 0. The molecule has 0 aliphatic rings. The number of benzene rings is 2. The summed E-state index contributed by atoms with van der Waals surface area (Å²) in [5.41, 5.74) is 5.03. The minimum atomic E-state index is -0.152. The third-order valence-corrected chi connectivity index (χ3v) is 3.79. The Morgan fingerprint density at radius 2 is 1.64 bits per heavy atom. The van der Waals surface area contributed by atoms with E-state index in [4.69, 9.17) is 0 Å². The predicted octanol–water partition coefficient (Wildman–Crippen LogP) is 4.46. The van der Waals surface area contributed by atoms with E-state index in [2.05, 4.69) is 24.4 Å².